The summed E-state index contributed by atoms with van der Waals surface area (Å²) >= 11 is 6.02. The molecule has 0 amide bonds. The lowest BCUT2D eigenvalue weighted by Gasteiger charge is -2.25. The van der Waals surface area contributed by atoms with E-state index in [1.54, 1.807) is 19.2 Å². The van der Waals surface area contributed by atoms with E-state index in [0.29, 0.717) is 11.4 Å². The normalized spacial score (nSPS) is 20.4. The minimum Gasteiger partial charge on any atom is -0.497 e. The molecule has 1 aliphatic rings. The van der Waals surface area contributed by atoms with Crippen LogP contribution in [0.4, 0.5) is 0 Å². The first kappa shape index (κ1) is 9.53. The Kier molecular flexibility index (Phi) is 2.46. The number of Topliss-reactive ketones (excluding diaryl/α,β-unsaturated/α-hetero) is 1. The van der Waals surface area contributed by atoms with E-state index in [0.717, 1.165) is 17.7 Å². The molecule has 1 aromatic rings. The minimum atomic E-state index is -0.00222. The van der Waals surface area contributed by atoms with Crippen LogP contribution < -0.4 is 4.74 Å². The van der Waals surface area contributed by atoms with Crippen LogP contribution >= 0.6 is 11.6 Å². The molecule has 2 rings (SSSR count). The molecule has 0 spiro atoms. The van der Waals surface area contributed by atoms with Crippen molar-refractivity contribution in [3.63, 3.8) is 0 Å². The molecule has 1 fully saturated rings. The highest BCUT2D eigenvalue weighted by Crippen LogP contribution is 2.38. The van der Waals surface area contributed by atoms with E-state index >= 15 is 0 Å². The Morgan fingerprint density at radius 2 is 2.29 bits per heavy atom. The Hall–Kier alpha value is -1.02. The second-order valence-corrected chi connectivity index (χ2v) is 3.85. The third-order valence-corrected chi connectivity index (χ3v) is 2.99. The molecule has 0 radical (unpaired) electrons. The van der Waals surface area contributed by atoms with Gasteiger partial charge in [-0.05, 0) is 30.2 Å². The van der Waals surface area contributed by atoms with Gasteiger partial charge >= 0.3 is 0 Å². The van der Waals surface area contributed by atoms with E-state index < -0.39 is 0 Å². The van der Waals surface area contributed by atoms with Gasteiger partial charge in [0.05, 0.1) is 7.11 Å². The average Bonchev–Trinajstić information content (AvgIpc) is 2.19. The van der Waals surface area contributed by atoms with E-state index in [4.69, 9.17) is 16.3 Å². The maximum Gasteiger partial charge on any atom is 0.140 e. The van der Waals surface area contributed by atoms with Crippen LogP contribution in [0.25, 0.3) is 0 Å². The number of carbonyl (C=O) groups excluding carboxylic acids is 1. The Balaban J connectivity index is 2.35. The maximum atomic E-state index is 11.3. The Labute approximate surface area is 87.8 Å². The van der Waals surface area contributed by atoms with Crippen molar-refractivity contribution in [3.8, 4) is 5.75 Å². The molecule has 74 valence electrons. The van der Waals surface area contributed by atoms with Gasteiger partial charge in [0.2, 0.25) is 0 Å². The van der Waals surface area contributed by atoms with Gasteiger partial charge in [-0.15, -0.1) is 0 Å². The molecule has 1 unspecified atom stereocenters. The highest BCUT2D eigenvalue weighted by Gasteiger charge is 2.31. The van der Waals surface area contributed by atoms with Crippen LogP contribution in [0.2, 0.25) is 5.02 Å². The largest absolute Gasteiger partial charge is 0.497 e. The molecule has 0 aliphatic heterocycles. The first-order valence-electron chi connectivity index (χ1n) is 4.58. The van der Waals surface area contributed by atoms with Gasteiger partial charge < -0.3 is 4.74 Å². The number of ether oxygens (including phenoxy) is 1. The molecule has 1 aromatic carbocycles. The molecule has 14 heavy (non-hydrogen) atoms. The summed E-state index contributed by atoms with van der Waals surface area (Å²) in [7, 11) is 1.61. The highest BCUT2D eigenvalue weighted by molar-refractivity contribution is 6.31. The molecule has 0 heterocycles. The van der Waals surface area contributed by atoms with Gasteiger partial charge in [-0.1, -0.05) is 11.6 Å². The van der Waals surface area contributed by atoms with Gasteiger partial charge in [-0.25, -0.2) is 0 Å². The van der Waals surface area contributed by atoms with Crippen molar-refractivity contribution in [2.45, 2.75) is 18.8 Å². The van der Waals surface area contributed by atoms with Crippen molar-refractivity contribution in [2.24, 2.45) is 0 Å². The van der Waals surface area contributed by atoms with E-state index in [9.17, 15) is 4.79 Å². The van der Waals surface area contributed by atoms with Gasteiger partial charge in [0, 0.05) is 17.4 Å². The van der Waals surface area contributed by atoms with Gasteiger partial charge in [0.25, 0.3) is 0 Å². The summed E-state index contributed by atoms with van der Waals surface area (Å²) in [5, 5.41) is 0.656. The average molecular weight is 211 g/mol. The van der Waals surface area contributed by atoms with Crippen LogP contribution in [0.15, 0.2) is 18.2 Å². The Morgan fingerprint density at radius 3 is 2.79 bits per heavy atom. The van der Waals surface area contributed by atoms with Crippen LogP contribution in [0, 0.1) is 0 Å². The molecule has 3 heteroatoms. The number of methoxy groups -OCH3 is 1. The van der Waals surface area contributed by atoms with Crippen molar-refractivity contribution >= 4 is 17.4 Å². The third-order valence-electron chi connectivity index (χ3n) is 2.65. The molecule has 1 atom stereocenters. The molecule has 0 bridgehead atoms. The molecule has 0 aromatic heterocycles. The van der Waals surface area contributed by atoms with Gasteiger partial charge in [-0.3, -0.25) is 4.79 Å². The lowest BCUT2D eigenvalue weighted by atomic mass is 9.78. The third kappa shape index (κ3) is 1.50. The standard InChI is InChI=1S/C11H11ClO2/c1-14-7-2-4-10(12)9(6-7)8-3-5-11(8)13/h2,4,6,8H,3,5H2,1H3. The summed E-state index contributed by atoms with van der Waals surface area (Å²) in [5.41, 5.74) is 0.905. The zero-order valence-corrected chi connectivity index (χ0v) is 8.67. The van der Waals surface area contributed by atoms with Gasteiger partial charge in [0.15, 0.2) is 0 Å². The Bertz CT molecular complexity index is 374. The van der Waals surface area contributed by atoms with Crippen molar-refractivity contribution in [2.75, 3.05) is 7.11 Å². The van der Waals surface area contributed by atoms with E-state index in [1.165, 1.54) is 0 Å². The van der Waals surface area contributed by atoms with Crippen LogP contribution in [0.1, 0.15) is 24.3 Å². The summed E-state index contributed by atoms with van der Waals surface area (Å²) in [5.74, 6) is 1.03. The molecule has 2 nitrogen and oxygen atoms in total. The topological polar surface area (TPSA) is 26.3 Å². The second kappa shape index (κ2) is 3.62. The smallest absolute Gasteiger partial charge is 0.140 e. The zero-order valence-electron chi connectivity index (χ0n) is 7.92. The minimum absolute atomic E-state index is 0.00222. The second-order valence-electron chi connectivity index (χ2n) is 3.45. The molecule has 1 saturated carbocycles. The van der Waals surface area contributed by atoms with E-state index in [-0.39, 0.29) is 11.7 Å². The monoisotopic (exact) mass is 210 g/mol. The van der Waals surface area contributed by atoms with Gasteiger partial charge in [-0.2, -0.15) is 0 Å². The first-order valence-corrected chi connectivity index (χ1v) is 4.96. The highest BCUT2D eigenvalue weighted by atomic mass is 35.5. The number of hydrogen-bond donors (Lipinski definition) is 0. The molecular formula is C11H11ClO2. The predicted molar refractivity (Wildman–Crippen MR) is 55.0 cm³/mol. The maximum absolute atomic E-state index is 11.3. The predicted octanol–water partition coefficient (Wildman–Crippen LogP) is 2.80. The lowest BCUT2D eigenvalue weighted by molar-refractivity contribution is -0.125. The number of carbonyl (C=O) groups is 1. The van der Waals surface area contributed by atoms with Crippen molar-refractivity contribution in [1.82, 2.24) is 0 Å². The van der Waals surface area contributed by atoms with Crippen LogP contribution in [-0.4, -0.2) is 12.9 Å². The molecular weight excluding hydrogens is 200 g/mol. The summed E-state index contributed by atoms with van der Waals surface area (Å²) in [6, 6.07) is 5.43. The summed E-state index contributed by atoms with van der Waals surface area (Å²) in [6.07, 6.45) is 1.59. The fraction of sp³-hybridized carbons (Fsp3) is 0.364. The summed E-state index contributed by atoms with van der Waals surface area (Å²) in [6.45, 7) is 0. The van der Waals surface area contributed by atoms with Gasteiger partial charge in [0.1, 0.15) is 11.5 Å². The number of hydrogen-bond acceptors (Lipinski definition) is 2. The molecule has 0 N–H and O–H groups in total. The lowest BCUT2D eigenvalue weighted by Crippen LogP contribution is -2.23. The summed E-state index contributed by atoms with van der Waals surface area (Å²) < 4.78 is 5.09. The van der Waals surface area contributed by atoms with E-state index in [2.05, 4.69) is 0 Å². The SMILES string of the molecule is COc1ccc(Cl)c(C2CCC2=O)c1. The number of rotatable bonds is 2. The van der Waals surface area contributed by atoms with Crippen LogP contribution in [-0.2, 0) is 4.79 Å². The number of ketones is 1. The van der Waals surface area contributed by atoms with E-state index in [1.807, 2.05) is 6.07 Å². The number of benzene rings is 1. The zero-order chi connectivity index (χ0) is 10.1. The molecule has 1 aliphatic carbocycles. The fourth-order valence-corrected chi connectivity index (χ4v) is 1.90. The Morgan fingerprint density at radius 1 is 1.50 bits per heavy atom. The van der Waals surface area contributed by atoms with Crippen LogP contribution in [0.5, 0.6) is 5.75 Å². The van der Waals surface area contributed by atoms with Crippen LogP contribution in [0.3, 0.4) is 0 Å². The first-order chi connectivity index (χ1) is 6.72. The van der Waals surface area contributed by atoms with Crippen molar-refractivity contribution in [1.29, 1.82) is 0 Å². The van der Waals surface area contributed by atoms with Crippen molar-refractivity contribution < 1.29 is 9.53 Å². The fourth-order valence-electron chi connectivity index (χ4n) is 1.65. The molecule has 0 saturated heterocycles. The quantitative estimate of drug-likeness (QED) is 0.751. The number of halogens is 1. The van der Waals surface area contributed by atoms with Crippen molar-refractivity contribution in [3.05, 3.63) is 28.8 Å². The summed E-state index contributed by atoms with van der Waals surface area (Å²) in [4.78, 5) is 11.3.